The second-order valence-corrected chi connectivity index (χ2v) is 8.90. The number of hydrogen-bond donors (Lipinski definition) is 0. The molecule has 1 atom stereocenters. The van der Waals surface area contributed by atoms with Crippen molar-refractivity contribution in [1.82, 2.24) is 5.16 Å². The maximum absolute atomic E-state index is 13.2. The third-order valence-corrected chi connectivity index (χ3v) is 5.92. The molecule has 0 radical (unpaired) electrons. The van der Waals surface area contributed by atoms with E-state index >= 15 is 0 Å². The number of halogens is 4. The van der Waals surface area contributed by atoms with Crippen LogP contribution in [0.5, 0.6) is 0 Å². The molecule has 0 aliphatic heterocycles. The fourth-order valence-corrected chi connectivity index (χ4v) is 3.95. The molecule has 0 N–H and O–H groups in total. The van der Waals surface area contributed by atoms with Crippen molar-refractivity contribution in [3.63, 3.8) is 0 Å². The molecule has 0 amide bonds. The lowest BCUT2D eigenvalue weighted by Crippen LogP contribution is -2.41. The number of aromatic nitrogens is 1. The van der Waals surface area contributed by atoms with Gasteiger partial charge in [-0.3, -0.25) is 4.79 Å². The van der Waals surface area contributed by atoms with Gasteiger partial charge in [-0.2, -0.15) is 13.2 Å². The first kappa shape index (κ1) is 18.2. The van der Waals surface area contributed by atoms with Gasteiger partial charge in [0.05, 0.1) is 16.7 Å². The van der Waals surface area contributed by atoms with E-state index in [9.17, 15) is 26.4 Å². The van der Waals surface area contributed by atoms with Crippen molar-refractivity contribution in [2.75, 3.05) is 6.26 Å². The van der Waals surface area contributed by atoms with Crippen molar-refractivity contribution >= 4 is 27.2 Å². The Labute approximate surface area is 146 Å². The smallest absolute Gasteiger partial charge is 0.360 e. The van der Waals surface area contributed by atoms with E-state index in [1.54, 1.807) is 0 Å². The molecule has 0 spiro atoms. The van der Waals surface area contributed by atoms with E-state index in [2.05, 4.69) is 5.16 Å². The Balaban J connectivity index is 2.08. The van der Waals surface area contributed by atoms with E-state index in [0.717, 1.165) is 31.4 Å². The summed E-state index contributed by atoms with van der Waals surface area (Å²) >= 11 is 5.59. The largest absolute Gasteiger partial charge is 0.411 e. The lowest BCUT2D eigenvalue weighted by atomic mass is 9.91. The number of allylic oxidation sites excluding steroid dienone is 4. The Morgan fingerprint density at radius 1 is 1.40 bits per heavy atom. The summed E-state index contributed by atoms with van der Waals surface area (Å²) in [5.41, 5.74) is -0.273. The van der Waals surface area contributed by atoms with Crippen LogP contribution in [0.4, 0.5) is 13.2 Å². The molecule has 1 aromatic heterocycles. The lowest BCUT2D eigenvalue weighted by molar-refractivity contribution is -0.149. The number of carbonyl (C=O) groups is 1. The highest BCUT2D eigenvalue weighted by Gasteiger charge is 2.54. The summed E-state index contributed by atoms with van der Waals surface area (Å²) in [7, 11) is -4.09. The van der Waals surface area contributed by atoms with E-state index in [-0.39, 0.29) is 17.1 Å². The van der Waals surface area contributed by atoms with Gasteiger partial charge in [-0.25, -0.2) is 8.42 Å². The lowest BCUT2D eigenvalue weighted by Gasteiger charge is -2.30. The summed E-state index contributed by atoms with van der Waals surface area (Å²) in [5, 5.41) is 3.56. The molecule has 1 aromatic rings. The van der Waals surface area contributed by atoms with Crippen LogP contribution in [0.2, 0.25) is 0 Å². The standard InChI is InChI=1S/C15H13ClF3NO4S/c1-25(22,23)11-6-14(16,15(17,18)19)5-4-9(11)12(21)10-7-20-24-13(10)8-2-3-8/h4-5,7-8H,2-3,6H2,1H3. The Bertz CT molecular complexity index is 896. The summed E-state index contributed by atoms with van der Waals surface area (Å²) < 4.78 is 68.5. The predicted molar refractivity (Wildman–Crippen MR) is 83.1 cm³/mol. The number of carbonyl (C=O) groups excluding carboxylic acids is 1. The van der Waals surface area contributed by atoms with E-state index in [1.807, 2.05) is 0 Å². The van der Waals surface area contributed by atoms with Gasteiger partial charge in [-0.05, 0) is 12.8 Å². The van der Waals surface area contributed by atoms with Crippen molar-refractivity contribution in [1.29, 1.82) is 0 Å². The van der Waals surface area contributed by atoms with Crippen LogP contribution in [0.25, 0.3) is 0 Å². The molecule has 3 rings (SSSR count). The zero-order valence-corrected chi connectivity index (χ0v) is 14.5. The predicted octanol–water partition coefficient (Wildman–Crippen LogP) is 3.53. The average molecular weight is 396 g/mol. The number of nitrogens with zero attached hydrogens (tertiary/aromatic N) is 1. The molecule has 1 saturated carbocycles. The first-order valence-corrected chi connectivity index (χ1v) is 9.58. The zero-order chi connectivity index (χ0) is 18.6. The van der Waals surface area contributed by atoms with Gasteiger partial charge in [0.2, 0.25) is 0 Å². The summed E-state index contributed by atoms with van der Waals surface area (Å²) in [4.78, 5) is 9.22. The molecule has 5 nitrogen and oxygen atoms in total. The molecule has 0 aromatic carbocycles. The molecule has 1 fully saturated rings. The topological polar surface area (TPSA) is 77.2 Å². The molecule has 10 heteroatoms. The van der Waals surface area contributed by atoms with Crippen LogP contribution in [-0.2, 0) is 9.84 Å². The third-order valence-electron chi connectivity index (χ3n) is 4.19. The van der Waals surface area contributed by atoms with Crippen LogP contribution < -0.4 is 0 Å². The zero-order valence-electron chi connectivity index (χ0n) is 12.9. The van der Waals surface area contributed by atoms with E-state index in [1.165, 1.54) is 0 Å². The van der Waals surface area contributed by atoms with Gasteiger partial charge in [0.1, 0.15) is 0 Å². The van der Waals surface area contributed by atoms with Crippen molar-refractivity contribution in [3.05, 3.63) is 40.2 Å². The summed E-state index contributed by atoms with van der Waals surface area (Å²) in [5.74, 6) is -0.378. The number of rotatable bonds is 4. The maximum atomic E-state index is 13.2. The number of Topliss-reactive ketones (excluding diaryl/α,β-unsaturated/α-hetero) is 1. The molecule has 1 unspecified atom stereocenters. The normalized spacial score (nSPS) is 24.7. The third kappa shape index (κ3) is 3.27. The monoisotopic (exact) mass is 395 g/mol. The van der Waals surface area contributed by atoms with Gasteiger partial charge in [0.15, 0.2) is 26.3 Å². The average Bonchev–Trinajstić information content (AvgIpc) is 3.21. The molecule has 25 heavy (non-hydrogen) atoms. The molecule has 136 valence electrons. The quantitative estimate of drug-likeness (QED) is 0.575. The van der Waals surface area contributed by atoms with E-state index in [4.69, 9.17) is 16.1 Å². The highest BCUT2D eigenvalue weighted by Crippen LogP contribution is 2.47. The van der Waals surface area contributed by atoms with E-state index in [0.29, 0.717) is 11.8 Å². The maximum Gasteiger partial charge on any atom is 0.411 e. The fraction of sp³-hybridized carbons (Fsp3) is 0.467. The van der Waals surface area contributed by atoms with Crippen molar-refractivity contribution in [2.24, 2.45) is 0 Å². The van der Waals surface area contributed by atoms with Crippen LogP contribution in [0.15, 0.2) is 33.4 Å². The highest BCUT2D eigenvalue weighted by molar-refractivity contribution is 7.94. The molecular weight excluding hydrogens is 383 g/mol. The molecule has 0 bridgehead atoms. The Kier molecular flexibility index (Phi) is 4.15. The first-order valence-electron chi connectivity index (χ1n) is 7.31. The number of alkyl halides is 4. The van der Waals surface area contributed by atoms with Crippen molar-refractivity contribution < 1.29 is 30.9 Å². The minimum atomic E-state index is -4.87. The summed E-state index contributed by atoms with van der Waals surface area (Å²) in [6.45, 7) is 0. The van der Waals surface area contributed by atoms with Crippen LogP contribution in [0.3, 0.4) is 0 Å². The highest BCUT2D eigenvalue weighted by atomic mass is 35.5. The second-order valence-electron chi connectivity index (χ2n) is 6.19. The second kappa shape index (κ2) is 5.70. The summed E-state index contributed by atoms with van der Waals surface area (Å²) in [6, 6.07) is 0. The van der Waals surface area contributed by atoms with Gasteiger partial charge >= 0.3 is 6.18 Å². The van der Waals surface area contributed by atoms with Crippen molar-refractivity contribution in [3.8, 4) is 0 Å². The molecule has 1 heterocycles. The Morgan fingerprint density at radius 3 is 2.56 bits per heavy atom. The van der Waals surface area contributed by atoms with Gasteiger partial charge in [-0.1, -0.05) is 17.3 Å². The van der Waals surface area contributed by atoms with Gasteiger partial charge < -0.3 is 4.52 Å². The summed E-state index contributed by atoms with van der Waals surface area (Å²) in [6.07, 6.45) is -0.956. The number of sulfone groups is 1. The van der Waals surface area contributed by atoms with E-state index < -0.39 is 38.0 Å². The van der Waals surface area contributed by atoms with Gasteiger partial charge in [0.25, 0.3) is 0 Å². The van der Waals surface area contributed by atoms with Crippen LogP contribution in [0, 0.1) is 0 Å². The Morgan fingerprint density at radius 2 is 2.04 bits per heavy atom. The number of hydrogen-bond acceptors (Lipinski definition) is 5. The van der Waals surface area contributed by atoms with Crippen LogP contribution in [0.1, 0.15) is 41.3 Å². The van der Waals surface area contributed by atoms with Gasteiger partial charge in [-0.15, -0.1) is 11.6 Å². The van der Waals surface area contributed by atoms with Crippen LogP contribution in [-0.4, -0.2) is 36.7 Å². The van der Waals surface area contributed by atoms with Crippen LogP contribution >= 0.6 is 11.6 Å². The van der Waals surface area contributed by atoms with Crippen molar-refractivity contribution in [2.45, 2.75) is 36.2 Å². The first-order chi connectivity index (χ1) is 11.4. The molecule has 2 aliphatic rings. The minimum absolute atomic E-state index is 0.0265. The SMILES string of the molecule is CS(=O)(=O)C1=C(C(=O)c2cnoc2C2CC2)C=CC(Cl)(C(F)(F)F)C1. The molecule has 0 saturated heterocycles. The molecule has 2 aliphatic carbocycles. The van der Waals surface area contributed by atoms with Gasteiger partial charge in [0, 0.05) is 24.2 Å². The minimum Gasteiger partial charge on any atom is -0.360 e. The number of ketones is 1. The molecular formula is C15H13ClF3NO4S. The fourth-order valence-electron chi connectivity index (χ4n) is 2.63. The Hall–Kier alpha value is -1.61.